The summed E-state index contributed by atoms with van der Waals surface area (Å²) < 4.78 is 4.84. The molecule has 7 heteroatoms. The van der Waals surface area contributed by atoms with Crippen molar-refractivity contribution < 1.29 is 14.3 Å². The molecule has 0 atom stereocenters. The second-order valence-corrected chi connectivity index (χ2v) is 9.75. The molecule has 0 unspecified atom stereocenters. The van der Waals surface area contributed by atoms with Crippen LogP contribution < -0.4 is 0 Å². The zero-order valence-electron chi connectivity index (χ0n) is 19.3. The van der Waals surface area contributed by atoms with Gasteiger partial charge in [0.1, 0.15) is 0 Å². The Morgan fingerprint density at radius 1 is 1.06 bits per heavy atom. The van der Waals surface area contributed by atoms with Gasteiger partial charge in [-0.2, -0.15) is 0 Å². The number of ether oxygens (including phenoxy) is 1. The SMILES string of the molecule is CCOC(=O)/C=C/C(=O)N1CCC(c2nc(-c3ccc(Cl)cc3)c(-c3ccc(C)cc3)s2)CC1. The molecule has 0 radical (unpaired) electrons. The number of carbonyl (C=O) groups is 2. The van der Waals surface area contributed by atoms with Crippen molar-refractivity contribution >= 4 is 34.8 Å². The minimum absolute atomic E-state index is 0.159. The number of hydrogen-bond acceptors (Lipinski definition) is 5. The van der Waals surface area contributed by atoms with Crippen molar-refractivity contribution in [1.82, 2.24) is 9.88 Å². The Hall–Kier alpha value is -2.96. The third-order valence-corrected chi connectivity index (χ3v) is 7.40. The van der Waals surface area contributed by atoms with Gasteiger partial charge in [-0.15, -0.1) is 11.3 Å². The Balaban J connectivity index is 1.53. The molecule has 4 rings (SSSR count). The van der Waals surface area contributed by atoms with E-state index in [0.29, 0.717) is 24.7 Å². The minimum atomic E-state index is -0.494. The van der Waals surface area contributed by atoms with Crippen molar-refractivity contribution in [2.24, 2.45) is 0 Å². The highest BCUT2D eigenvalue weighted by Crippen LogP contribution is 2.41. The third kappa shape index (κ3) is 5.75. The number of likely N-dealkylation sites (tertiary alicyclic amines) is 1. The van der Waals surface area contributed by atoms with Gasteiger partial charge in [-0.25, -0.2) is 9.78 Å². The third-order valence-electron chi connectivity index (χ3n) is 5.88. The lowest BCUT2D eigenvalue weighted by Crippen LogP contribution is -2.37. The fourth-order valence-corrected chi connectivity index (χ4v) is 5.39. The maximum absolute atomic E-state index is 12.4. The first-order valence-electron chi connectivity index (χ1n) is 11.4. The number of halogens is 1. The summed E-state index contributed by atoms with van der Waals surface area (Å²) in [6, 6.07) is 16.3. The van der Waals surface area contributed by atoms with Gasteiger partial charge < -0.3 is 9.64 Å². The molecule has 34 heavy (non-hydrogen) atoms. The highest BCUT2D eigenvalue weighted by atomic mass is 35.5. The molecule has 1 aromatic heterocycles. The molecule has 1 fully saturated rings. The predicted octanol–water partition coefficient (Wildman–Crippen LogP) is 6.26. The molecule has 0 spiro atoms. The number of benzene rings is 2. The largest absolute Gasteiger partial charge is 0.463 e. The quantitative estimate of drug-likeness (QED) is 0.299. The first kappa shape index (κ1) is 24.2. The van der Waals surface area contributed by atoms with Gasteiger partial charge in [0.05, 0.1) is 22.2 Å². The number of rotatable bonds is 6. The van der Waals surface area contributed by atoms with Crippen LogP contribution in [0.2, 0.25) is 5.02 Å². The smallest absolute Gasteiger partial charge is 0.330 e. The molecule has 176 valence electrons. The Labute approximate surface area is 209 Å². The normalized spacial score (nSPS) is 14.5. The van der Waals surface area contributed by atoms with Crippen molar-refractivity contribution in [2.45, 2.75) is 32.6 Å². The molecule has 3 aromatic rings. The van der Waals surface area contributed by atoms with E-state index in [4.69, 9.17) is 21.3 Å². The van der Waals surface area contributed by atoms with Gasteiger partial charge >= 0.3 is 5.97 Å². The summed E-state index contributed by atoms with van der Waals surface area (Å²) in [5.74, 6) is -0.368. The van der Waals surface area contributed by atoms with Crippen molar-refractivity contribution in [2.75, 3.05) is 19.7 Å². The van der Waals surface area contributed by atoms with Crippen molar-refractivity contribution in [3.63, 3.8) is 0 Å². The Bertz CT molecular complexity index is 1110. The molecule has 1 aliphatic heterocycles. The van der Waals surface area contributed by atoms with E-state index >= 15 is 0 Å². The summed E-state index contributed by atoms with van der Waals surface area (Å²) in [5, 5.41) is 1.79. The number of carbonyl (C=O) groups excluding carboxylic acids is 2. The summed E-state index contributed by atoms with van der Waals surface area (Å²) in [6.45, 7) is 5.37. The van der Waals surface area contributed by atoms with Crippen LogP contribution in [0.15, 0.2) is 60.7 Å². The molecule has 2 heterocycles. The van der Waals surface area contributed by atoms with Crippen LogP contribution in [0.5, 0.6) is 0 Å². The first-order chi connectivity index (χ1) is 16.4. The van der Waals surface area contributed by atoms with Crippen LogP contribution in [-0.2, 0) is 14.3 Å². The number of nitrogens with zero attached hydrogens (tertiary/aromatic N) is 2. The lowest BCUT2D eigenvalue weighted by Gasteiger charge is -2.30. The van der Waals surface area contributed by atoms with Crippen LogP contribution in [0.4, 0.5) is 0 Å². The Morgan fingerprint density at radius 3 is 2.35 bits per heavy atom. The molecular formula is C27H27ClN2O3S. The maximum atomic E-state index is 12.4. The van der Waals surface area contributed by atoms with Gasteiger partial charge in [-0.05, 0) is 44.4 Å². The summed E-state index contributed by atoms with van der Waals surface area (Å²) >= 11 is 7.85. The molecule has 1 amide bonds. The number of amides is 1. The fraction of sp³-hybridized carbons (Fsp3) is 0.296. The fourth-order valence-electron chi connectivity index (χ4n) is 4.00. The molecule has 0 saturated carbocycles. The van der Waals surface area contributed by atoms with Gasteiger partial charge in [0.25, 0.3) is 0 Å². The molecule has 0 aliphatic carbocycles. The molecule has 1 saturated heterocycles. The first-order valence-corrected chi connectivity index (χ1v) is 12.6. The summed E-state index contributed by atoms with van der Waals surface area (Å²) in [6.07, 6.45) is 4.17. The van der Waals surface area contributed by atoms with E-state index in [2.05, 4.69) is 31.2 Å². The monoisotopic (exact) mass is 494 g/mol. The molecular weight excluding hydrogens is 468 g/mol. The van der Waals surface area contributed by atoms with E-state index < -0.39 is 5.97 Å². The lowest BCUT2D eigenvalue weighted by molar-refractivity contribution is -0.137. The number of piperidine rings is 1. The standard InChI is InChI=1S/C27H27ClN2O3S/c1-3-33-24(32)13-12-23(31)30-16-14-21(15-17-30)27-29-25(19-8-10-22(28)11-9-19)26(34-27)20-6-4-18(2)5-7-20/h4-13,21H,3,14-17H2,1-2H3/b13-12+. The topological polar surface area (TPSA) is 59.5 Å². The van der Waals surface area contributed by atoms with E-state index in [0.717, 1.165) is 39.5 Å². The summed E-state index contributed by atoms with van der Waals surface area (Å²) in [7, 11) is 0. The van der Waals surface area contributed by atoms with Crippen LogP contribution in [0.3, 0.4) is 0 Å². The maximum Gasteiger partial charge on any atom is 0.330 e. The Morgan fingerprint density at radius 2 is 1.71 bits per heavy atom. The minimum Gasteiger partial charge on any atom is -0.463 e. The van der Waals surface area contributed by atoms with Gasteiger partial charge in [0.15, 0.2) is 0 Å². The van der Waals surface area contributed by atoms with Gasteiger partial charge in [-0.1, -0.05) is 53.6 Å². The molecule has 0 N–H and O–H groups in total. The lowest BCUT2D eigenvalue weighted by atomic mass is 9.97. The average molecular weight is 495 g/mol. The van der Waals surface area contributed by atoms with Gasteiger partial charge in [0, 0.05) is 41.7 Å². The molecule has 1 aliphatic rings. The summed E-state index contributed by atoms with van der Waals surface area (Å²) in [4.78, 5) is 31.9. The number of thiazole rings is 1. The van der Waals surface area contributed by atoms with E-state index in [9.17, 15) is 9.59 Å². The van der Waals surface area contributed by atoms with E-state index in [1.54, 1.807) is 23.2 Å². The Kier molecular flexibility index (Phi) is 7.80. The number of hydrogen-bond donors (Lipinski definition) is 0. The van der Waals surface area contributed by atoms with Crippen LogP contribution >= 0.6 is 22.9 Å². The average Bonchev–Trinajstić information content (AvgIpc) is 3.29. The second kappa shape index (κ2) is 11.0. The number of esters is 1. The van der Waals surface area contributed by atoms with Crippen molar-refractivity contribution in [1.29, 1.82) is 0 Å². The van der Waals surface area contributed by atoms with Crippen LogP contribution in [0, 0.1) is 6.92 Å². The predicted molar refractivity (Wildman–Crippen MR) is 137 cm³/mol. The summed E-state index contributed by atoms with van der Waals surface area (Å²) in [5.41, 5.74) is 4.38. The number of aromatic nitrogens is 1. The van der Waals surface area contributed by atoms with Crippen LogP contribution in [-0.4, -0.2) is 41.5 Å². The zero-order chi connectivity index (χ0) is 24.1. The van der Waals surface area contributed by atoms with E-state index in [-0.39, 0.29) is 11.8 Å². The van der Waals surface area contributed by atoms with E-state index in [1.807, 2.05) is 24.3 Å². The van der Waals surface area contributed by atoms with Crippen molar-refractivity contribution in [3.05, 3.63) is 76.3 Å². The van der Waals surface area contributed by atoms with Crippen molar-refractivity contribution in [3.8, 4) is 21.7 Å². The van der Waals surface area contributed by atoms with Gasteiger partial charge in [-0.3, -0.25) is 4.79 Å². The number of aryl methyl sites for hydroxylation is 1. The highest BCUT2D eigenvalue weighted by Gasteiger charge is 2.27. The highest BCUT2D eigenvalue weighted by molar-refractivity contribution is 7.15. The molecule has 0 bridgehead atoms. The second-order valence-electron chi connectivity index (χ2n) is 8.29. The van der Waals surface area contributed by atoms with Crippen LogP contribution in [0.25, 0.3) is 21.7 Å². The molecule has 2 aromatic carbocycles. The van der Waals surface area contributed by atoms with Gasteiger partial charge in [0.2, 0.25) is 5.91 Å². The van der Waals surface area contributed by atoms with Crippen LogP contribution in [0.1, 0.15) is 36.3 Å². The molecule has 5 nitrogen and oxygen atoms in total. The zero-order valence-corrected chi connectivity index (χ0v) is 20.9. The van der Waals surface area contributed by atoms with E-state index in [1.165, 1.54) is 17.7 Å².